The molecule has 1 amide bonds. The fourth-order valence-corrected chi connectivity index (χ4v) is 4.97. The van der Waals surface area contributed by atoms with Gasteiger partial charge >= 0.3 is 0 Å². The predicted octanol–water partition coefficient (Wildman–Crippen LogP) is 5.65. The molecule has 0 fully saturated rings. The second-order valence-electron chi connectivity index (χ2n) is 8.47. The number of benzene rings is 3. The number of carbonyl (C=O) groups is 1. The number of thioether (sulfide) groups is 1. The number of hydrogen-bond donors (Lipinski definition) is 3. The van der Waals surface area contributed by atoms with E-state index in [1.807, 2.05) is 44.2 Å². The molecule has 0 saturated heterocycles. The third-order valence-corrected chi connectivity index (χ3v) is 6.86. The smallest absolute Gasteiger partial charge is 0.255 e. The summed E-state index contributed by atoms with van der Waals surface area (Å²) < 4.78 is 15.7. The van der Waals surface area contributed by atoms with Crippen molar-refractivity contribution in [2.45, 2.75) is 30.8 Å². The lowest BCUT2D eigenvalue weighted by Crippen LogP contribution is -2.31. The Morgan fingerprint density at radius 1 is 1.11 bits per heavy atom. The Morgan fingerprint density at radius 3 is 2.67 bits per heavy atom. The summed E-state index contributed by atoms with van der Waals surface area (Å²) in [5, 5.41) is 21.5. The monoisotopic (exact) mass is 501 g/mol. The topological polar surface area (TPSA) is 92.1 Å². The molecule has 36 heavy (non-hydrogen) atoms. The van der Waals surface area contributed by atoms with Crippen LogP contribution in [0.4, 0.5) is 16.0 Å². The van der Waals surface area contributed by atoms with Crippen LogP contribution >= 0.6 is 11.8 Å². The number of nitrogens with zero attached hydrogens (tertiary/aromatic N) is 3. The number of aromatic hydroxyl groups is 1. The minimum Gasteiger partial charge on any atom is -0.508 e. The van der Waals surface area contributed by atoms with E-state index in [2.05, 4.69) is 20.7 Å². The molecule has 1 aliphatic rings. The Bertz CT molecular complexity index is 1480. The fourth-order valence-electron chi connectivity index (χ4n) is 4.15. The van der Waals surface area contributed by atoms with Crippen molar-refractivity contribution < 1.29 is 14.3 Å². The highest BCUT2D eigenvalue weighted by Gasteiger charge is 2.34. The molecule has 1 unspecified atom stereocenters. The van der Waals surface area contributed by atoms with Crippen LogP contribution in [0.1, 0.15) is 29.7 Å². The van der Waals surface area contributed by atoms with Gasteiger partial charge in [-0.15, -0.1) is 5.10 Å². The van der Waals surface area contributed by atoms with Gasteiger partial charge in [-0.3, -0.25) is 4.79 Å². The number of carbonyl (C=O) groups excluding carboxylic acids is 1. The summed E-state index contributed by atoms with van der Waals surface area (Å²) in [7, 11) is 0. The molecule has 0 saturated carbocycles. The number of halogens is 1. The molecule has 0 spiro atoms. The summed E-state index contributed by atoms with van der Waals surface area (Å²) in [6.07, 6.45) is 0. The van der Waals surface area contributed by atoms with Crippen LogP contribution in [0, 0.1) is 12.7 Å². The third-order valence-electron chi connectivity index (χ3n) is 5.97. The molecule has 5 rings (SSSR count). The van der Waals surface area contributed by atoms with E-state index in [-0.39, 0.29) is 17.5 Å². The third kappa shape index (κ3) is 4.70. The molecule has 7 nitrogen and oxygen atoms in total. The number of aryl methyl sites for hydroxylation is 1. The molecular weight excluding hydrogens is 477 g/mol. The summed E-state index contributed by atoms with van der Waals surface area (Å²) in [6, 6.07) is 20.3. The predicted molar refractivity (Wildman–Crippen MR) is 138 cm³/mol. The van der Waals surface area contributed by atoms with Gasteiger partial charge in [0.2, 0.25) is 11.1 Å². The molecule has 1 atom stereocenters. The van der Waals surface area contributed by atoms with E-state index < -0.39 is 6.04 Å². The number of rotatable bonds is 6. The average molecular weight is 502 g/mol. The molecular formula is C27H24FN5O2S. The minimum atomic E-state index is -0.632. The van der Waals surface area contributed by atoms with Gasteiger partial charge in [0, 0.05) is 17.1 Å². The number of phenols is 1. The zero-order chi connectivity index (χ0) is 25.2. The lowest BCUT2D eigenvalue weighted by Gasteiger charge is -2.28. The number of aromatic nitrogens is 3. The summed E-state index contributed by atoms with van der Waals surface area (Å²) in [5.74, 6) is 0.337. The maximum absolute atomic E-state index is 14.1. The van der Waals surface area contributed by atoms with Gasteiger partial charge in [0.25, 0.3) is 5.91 Å². The van der Waals surface area contributed by atoms with Crippen molar-refractivity contribution in [3.8, 4) is 5.75 Å². The van der Waals surface area contributed by atoms with Gasteiger partial charge in [-0.05, 0) is 54.8 Å². The summed E-state index contributed by atoms with van der Waals surface area (Å²) in [5.41, 5.74) is 3.97. The summed E-state index contributed by atoms with van der Waals surface area (Å²) in [6.45, 7) is 3.74. The lowest BCUT2D eigenvalue weighted by molar-refractivity contribution is -0.113. The van der Waals surface area contributed by atoms with Crippen LogP contribution < -0.4 is 10.6 Å². The summed E-state index contributed by atoms with van der Waals surface area (Å²) in [4.78, 5) is 18.2. The Balaban J connectivity index is 1.51. The number of allylic oxidation sites excluding steroid dienone is 1. The Kier molecular flexibility index (Phi) is 6.47. The molecule has 3 aromatic carbocycles. The van der Waals surface area contributed by atoms with Crippen molar-refractivity contribution in [3.05, 3.63) is 107 Å². The van der Waals surface area contributed by atoms with Crippen LogP contribution in [-0.4, -0.2) is 25.8 Å². The highest BCUT2D eigenvalue weighted by Crippen LogP contribution is 2.38. The zero-order valence-electron chi connectivity index (χ0n) is 19.7. The van der Waals surface area contributed by atoms with Gasteiger partial charge in [-0.2, -0.15) is 4.98 Å². The number of amides is 1. The van der Waals surface area contributed by atoms with Crippen LogP contribution in [0.25, 0.3) is 0 Å². The van der Waals surface area contributed by atoms with Gasteiger partial charge in [-0.25, -0.2) is 9.07 Å². The number of phenolic OH excluding ortho intramolecular Hbond substituents is 1. The Morgan fingerprint density at radius 2 is 1.89 bits per heavy atom. The molecule has 0 radical (unpaired) electrons. The number of hydrogen-bond acceptors (Lipinski definition) is 6. The van der Waals surface area contributed by atoms with E-state index in [1.165, 1.54) is 17.8 Å². The van der Waals surface area contributed by atoms with Crippen molar-refractivity contribution in [2.75, 3.05) is 10.6 Å². The van der Waals surface area contributed by atoms with Gasteiger partial charge in [0.05, 0.1) is 5.57 Å². The van der Waals surface area contributed by atoms with Crippen LogP contribution in [0.5, 0.6) is 5.75 Å². The number of fused-ring (bicyclic) bond motifs is 1. The second-order valence-corrected chi connectivity index (χ2v) is 9.42. The number of nitrogens with one attached hydrogen (secondary N) is 2. The van der Waals surface area contributed by atoms with Crippen LogP contribution in [-0.2, 0) is 10.5 Å². The van der Waals surface area contributed by atoms with Crippen molar-refractivity contribution >= 4 is 29.3 Å². The van der Waals surface area contributed by atoms with Gasteiger partial charge in [-0.1, -0.05) is 60.3 Å². The molecule has 1 aliphatic heterocycles. The van der Waals surface area contributed by atoms with Crippen LogP contribution in [0.3, 0.4) is 0 Å². The fraction of sp³-hybridized carbons (Fsp3) is 0.148. The molecule has 182 valence electrons. The van der Waals surface area contributed by atoms with Gasteiger partial charge < -0.3 is 15.7 Å². The van der Waals surface area contributed by atoms with E-state index in [9.17, 15) is 14.3 Å². The van der Waals surface area contributed by atoms with Crippen LogP contribution in [0.15, 0.2) is 89.2 Å². The largest absolute Gasteiger partial charge is 0.508 e. The standard InChI is InChI=1S/C27H24FN5O2S/c1-16-8-3-6-13-22(16)30-25(35)23-17(2)29-26-31-27(36-15-19-9-4-5-12-21(19)28)32-33(26)24(23)18-10-7-11-20(34)14-18/h3-14,24,34H,15H2,1-2H3,(H,30,35)(H,29,31,32). The van der Waals surface area contributed by atoms with Gasteiger partial charge in [0.1, 0.15) is 17.6 Å². The molecule has 0 bridgehead atoms. The van der Waals surface area contributed by atoms with E-state index in [1.54, 1.807) is 41.1 Å². The second kappa shape index (κ2) is 9.87. The molecule has 2 heterocycles. The van der Waals surface area contributed by atoms with Crippen molar-refractivity contribution in [2.24, 2.45) is 0 Å². The zero-order valence-corrected chi connectivity index (χ0v) is 20.5. The molecule has 9 heteroatoms. The van der Waals surface area contributed by atoms with Crippen molar-refractivity contribution in [1.82, 2.24) is 14.8 Å². The average Bonchev–Trinajstić information content (AvgIpc) is 3.26. The first-order valence-corrected chi connectivity index (χ1v) is 12.4. The quantitative estimate of drug-likeness (QED) is 0.296. The molecule has 4 aromatic rings. The highest BCUT2D eigenvalue weighted by atomic mass is 32.2. The SMILES string of the molecule is CC1=C(C(=O)Nc2ccccc2C)C(c2cccc(O)c2)n2nc(SCc3ccccc3F)nc2N1. The highest BCUT2D eigenvalue weighted by molar-refractivity contribution is 7.98. The van der Waals surface area contributed by atoms with E-state index in [4.69, 9.17) is 0 Å². The maximum atomic E-state index is 14.1. The molecule has 0 aliphatic carbocycles. The van der Waals surface area contributed by atoms with E-state index in [0.29, 0.717) is 44.9 Å². The van der Waals surface area contributed by atoms with Crippen molar-refractivity contribution in [3.63, 3.8) is 0 Å². The van der Waals surface area contributed by atoms with Gasteiger partial charge in [0.15, 0.2) is 0 Å². The lowest BCUT2D eigenvalue weighted by atomic mass is 9.94. The maximum Gasteiger partial charge on any atom is 0.255 e. The first-order valence-electron chi connectivity index (χ1n) is 11.4. The number of para-hydroxylation sites is 1. The molecule has 1 aromatic heterocycles. The first kappa shape index (κ1) is 23.6. The first-order chi connectivity index (χ1) is 17.4. The van der Waals surface area contributed by atoms with E-state index >= 15 is 0 Å². The Hall–Kier alpha value is -4.11. The summed E-state index contributed by atoms with van der Waals surface area (Å²) >= 11 is 1.31. The minimum absolute atomic E-state index is 0.0816. The normalized spacial score (nSPS) is 14.8. The Labute approximate surface area is 212 Å². The number of anilines is 2. The molecule has 3 N–H and O–H groups in total. The van der Waals surface area contributed by atoms with Crippen molar-refractivity contribution in [1.29, 1.82) is 0 Å². The van der Waals surface area contributed by atoms with Crippen LogP contribution in [0.2, 0.25) is 0 Å². The van der Waals surface area contributed by atoms with E-state index in [0.717, 1.165) is 5.56 Å².